The van der Waals surface area contributed by atoms with Crippen molar-refractivity contribution in [1.82, 2.24) is 10.2 Å². The standard InChI is InChI=1S/C17H28N4O4S.ClH/c1-19-8-5-13-6-9-21(10-7-13)12-17(22)20-15-11-14(26(18,23)24)3-4-16(15)25-2;/h3-4,11,13,19H,5-10,12H2,1-2H3,(H,20,22)(H2,18,23,24);1H. The highest BCUT2D eigenvalue weighted by molar-refractivity contribution is 7.89. The van der Waals surface area contributed by atoms with Gasteiger partial charge < -0.3 is 15.4 Å². The number of sulfonamides is 1. The number of anilines is 1. The molecule has 10 heteroatoms. The predicted octanol–water partition coefficient (Wildman–Crippen LogP) is 1.02. The Morgan fingerprint density at radius 2 is 2.00 bits per heavy atom. The molecule has 1 aromatic rings. The number of benzene rings is 1. The Hall–Kier alpha value is -1.39. The minimum absolute atomic E-state index is 0. The Morgan fingerprint density at radius 3 is 2.56 bits per heavy atom. The molecule has 1 heterocycles. The Balaban J connectivity index is 0.00000364. The topological polar surface area (TPSA) is 114 Å². The third-order valence-electron chi connectivity index (χ3n) is 4.65. The van der Waals surface area contributed by atoms with Gasteiger partial charge in [-0.25, -0.2) is 13.6 Å². The number of piperidine rings is 1. The molecule has 1 aliphatic heterocycles. The lowest BCUT2D eigenvalue weighted by Crippen LogP contribution is -2.39. The molecule has 154 valence electrons. The third-order valence-corrected chi connectivity index (χ3v) is 5.56. The van der Waals surface area contributed by atoms with Gasteiger partial charge in [0.1, 0.15) is 5.75 Å². The van der Waals surface area contributed by atoms with E-state index in [2.05, 4.69) is 15.5 Å². The number of ether oxygens (including phenoxy) is 1. The van der Waals surface area contributed by atoms with Gasteiger partial charge in [-0.15, -0.1) is 12.4 Å². The van der Waals surface area contributed by atoms with Gasteiger partial charge in [-0.3, -0.25) is 9.69 Å². The van der Waals surface area contributed by atoms with E-state index in [-0.39, 0.29) is 29.8 Å². The van der Waals surface area contributed by atoms with E-state index in [4.69, 9.17) is 9.88 Å². The molecule has 0 radical (unpaired) electrons. The minimum atomic E-state index is -3.85. The number of amides is 1. The van der Waals surface area contributed by atoms with E-state index in [1.807, 2.05) is 7.05 Å². The van der Waals surface area contributed by atoms with Crippen LogP contribution >= 0.6 is 12.4 Å². The molecule has 0 atom stereocenters. The van der Waals surface area contributed by atoms with Gasteiger partial charge in [-0.05, 0) is 70.1 Å². The quantitative estimate of drug-likeness (QED) is 0.578. The molecule has 1 amide bonds. The Bertz CT molecular complexity index is 722. The molecule has 1 fully saturated rings. The largest absolute Gasteiger partial charge is 0.495 e. The number of carbonyl (C=O) groups excluding carboxylic acids is 1. The van der Waals surface area contributed by atoms with Crippen LogP contribution in [-0.4, -0.2) is 59.6 Å². The van der Waals surface area contributed by atoms with E-state index in [0.717, 1.165) is 38.9 Å². The summed E-state index contributed by atoms with van der Waals surface area (Å²) in [5.41, 5.74) is 0.299. The maximum atomic E-state index is 12.4. The number of nitrogens with one attached hydrogen (secondary N) is 2. The molecule has 0 spiro atoms. The van der Waals surface area contributed by atoms with E-state index in [1.54, 1.807) is 0 Å². The van der Waals surface area contributed by atoms with E-state index in [9.17, 15) is 13.2 Å². The summed E-state index contributed by atoms with van der Waals surface area (Å²) in [6, 6.07) is 4.14. The second-order valence-corrected chi connectivity index (χ2v) is 8.13. The molecule has 0 saturated carbocycles. The van der Waals surface area contributed by atoms with Crippen molar-refractivity contribution in [3.8, 4) is 5.75 Å². The highest BCUT2D eigenvalue weighted by Gasteiger charge is 2.21. The number of methoxy groups -OCH3 is 1. The smallest absolute Gasteiger partial charge is 0.238 e. The first-order valence-corrected chi connectivity index (χ1v) is 10.3. The number of nitrogens with two attached hydrogens (primary N) is 1. The molecule has 2 rings (SSSR count). The lowest BCUT2D eigenvalue weighted by molar-refractivity contribution is -0.117. The summed E-state index contributed by atoms with van der Waals surface area (Å²) in [6.07, 6.45) is 3.33. The Morgan fingerprint density at radius 1 is 1.33 bits per heavy atom. The highest BCUT2D eigenvalue weighted by Crippen LogP contribution is 2.27. The van der Waals surface area contributed by atoms with Crippen molar-refractivity contribution < 1.29 is 17.9 Å². The van der Waals surface area contributed by atoms with Crippen LogP contribution in [-0.2, 0) is 14.8 Å². The number of primary sulfonamides is 1. The van der Waals surface area contributed by atoms with Crippen molar-refractivity contribution in [1.29, 1.82) is 0 Å². The van der Waals surface area contributed by atoms with Gasteiger partial charge in [0.25, 0.3) is 0 Å². The van der Waals surface area contributed by atoms with Crippen LogP contribution < -0.4 is 20.5 Å². The Kier molecular flexibility index (Phi) is 9.48. The van der Waals surface area contributed by atoms with E-state index in [0.29, 0.717) is 17.4 Å². The van der Waals surface area contributed by atoms with Crippen molar-refractivity contribution in [2.45, 2.75) is 24.2 Å². The zero-order valence-corrected chi connectivity index (χ0v) is 17.4. The van der Waals surface area contributed by atoms with Crippen LogP contribution in [0.4, 0.5) is 5.69 Å². The Labute approximate surface area is 167 Å². The normalized spacial score (nSPS) is 15.8. The van der Waals surface area contributed by atoms with Crippen LogP contribution in [0.3, 0.4) is 0 Å². The fourth-order valence-corrected chi connectivity index (χ4v) is 3.68. The van der Waals surface area contributed by atoms with Crippen LogP contribution in [0, 0.1) is 5.92 Å². The fourth-order valence-electron chi connectivity index (χ4n) is 3.14. The molecule has 1 saturated heterocycles. The van der Waals surface area contributed by atoms with E-state index in [1.165, 1.54) is 25.3 Å². The number of hydrogen-bond donors (Lipinski definition) is 3. The summed E-state index contributed by atoms with van der Waals surface area (Å²) in [7, 11) is -0.437. The van der Waals surface area contributed by atoms with Crippen molar-refractivity contribution in [2.75, 3.05) is 45.7 Å². The summed E-state index contributed by atoms with van der Waals surface area (Å²) in [6.45, 7) is 3.05. The van der Waals surface area contributed by atoms with Crippen LogP contribution in [0.1, 0.15) is 19.3 Å². The summed E-state index contributed by atoms with van der Waals surface area (Å²) in [5, 5.41) is 11.1. The van der Waals surface area contributed by atoms with Gasteiger partial charge in [0, 0.05) is 0 Å². The molecule has 8 nitrogen and oxygen atoms in total. The van der Waals surface area contributed by atoms with Crippen LogP contribution in [0.5, 0.6) is 5.75 Å². The number of nitrogens with zero attached hydrogens (tertiary/aromatic N) is 1. The second-order valence-electron chi connectivity index (χ2n) is 6.57. The van der Waals surface area contributed by atoms with Crippen LogP contribution in [0.15, 0.2) is 23.1 Å². The monoisotopic (exact) mass is 420 g/mol. The van der Waals surface area contributed by atoms with Gasteiger partial charge in [-0.2, -0.15) is 0 Å². The molecule has 4 N–H and O–H groups in total. The van der Waals surface area contributed by atoms with Crippen molar-refractivity contribution in [3.63, 3.8) is 0 Å². The van der Waals surface area contributed by atoms with Crippen molar-refractivity contribution in [3.05, 3.63) is 18.2 Å². The fraction of sp³-hybridized carbons (Fsp3) is 0.588. The molecule has 0 bridgehead atoms. The lowest BCUT2D eigenvalue weighted by atomic mass is 9.93. The molecule has 1 aromatic carbocycles. The number of halogens is 1. The average Bonchev–Trinajstić information content (AvgIpc) is 2.60. The minimum Gasteiger partial charge on any atom is -0.495 e. The average molecular weight is 421 g/mol. The SMILES string of the molecule is CNCCC1CCN(CC(=O)Nc2cc(S(N)(=O)=O)ccc2OC)CC1.Cl. The van der Waals surface area contributed by atoms with Gasteiger partial charge >= 0.3 is 0 Å². The first-order valence-electron chi connectivity index (χ1n) is 8.71. The molecule has 0 aliphatic carbocycles. The summed E-state index contributed by atoms with van der Waals surface area (Å²) in [5.74, 6) is 0.883. The number of carbonyl (C=O) groups is 1. The first kappa shape index (κ1) is 23.6. The van der Waals surface area contributed by atoms with Crippen LogP contribution in [0.2, 0.25) is 0 Å². The predicted molar refractivity (Wildman–Crippen MR) is 108 cm³/mol. The van der Waals surface area contributed by atoms with Crippen molar-refractivity contribution in [2.24, 2.45) is 11.1 Å². The van der Waals surface area contributed by atoms with Gasteiger partial charge in [-0.1, -0.05) is 0 Å². The molecule has 0 unspecified atom stereocenters. The summed E-state index contributed by atoms with van der Waals surface area (Å²) < 4.78 is 28.2. The highest BCUT2D eigenvalue weighted by atomic mass is 35.5. The van der Waals surface area contributed by atoms with Gasteiger partial charge in [0.2, 0.25) is 15.9 Å². The van der Waals surface area contributed by atoms with E-state index >= 15 is 0 Å². The zero-order valence-electron chi connectivity index (χ0n) is 15.7. The molecular weight excluding hydrogens is 392 g/mol. The molecule has 27 heavy (non-hydrogen) atoms. The maximum Gasteiger partial charge on any atom is 0.238 e. The lowest BCUT2D eigenvalue weighted by Gasteiger charge is -2.31. The molecular formula is C17H29ClN4O4S. The zero-order chi connectivity index (χ0) is 19.2. The van der Waals surface area contributed by atoms with E-state index < -0.39 is 10.0 Å². The van der Waals surface area contributed by atoms with Crippen molar-refractivity contribution >= 4 is 34.0 Å². The number of rotatable bonds is 8. The third kappa shape index (κ3) is 7.27. The first-order chi connectivity index (χ1) is 12.3. The summed E-state index contributed by atoms with van der Waals surface area (Å²) in [4.78, 5) is 14.4. The molecule has 0 aromatic heterocycles. The summed E-state index contributed by atoms with van der Waals surface area (Å²) >= 11 is 0. The second kappa shape index (κ2) is 10.8. The number of hydrogen-bond acceptors (Lipinski definition) is 6. The number of likely N-dealkylation sites (tertiary alicyclic amines) is 1. The molecule has 1 aliphatic rings. The van der Waals surface area contributed by atoms with Crippen LogP contribution in [0.25, 0.3) is 0 Å². The van der Waals surface area contributed by atoms with Gasteiger partial charge in [0.05, 0.1) is 24.2 Å². The maximum absolute atomic E-state index is 12.4. The van der Waals surface area contributed by atoms with Gasteiger partial charge in [0.15, 0.2) is 0 Å².